The molecule has 2 bridgehead atoms. The highest BCUT2D eigenvalue weighted by Crippen LogP contribution is 2.49. The summed E-state index contributed by atoms with van der Waals surface area (Å²) in [5.41, 5.74) is 1.89. The summed E-state index contributed by atoms with van der Waals surface area (Å²) in [6, 6.07) is 6.06. The Labute approximate surface area is 157 Å². The van der Waals surface area contributed by atoms with Crippen molar-refractivity contribution in [2.75, 3.05) is 36.5 Å². The van der Waals surface area contributed by atoms with Crippen LogP contribution in [0.15, 0.2) is 18.2 Å². The van der Waals surface area contributed by atoms with E-state index in [0.29, 0.717) is 12.3 Å². The predicted octanol–water partition coefficient (Wildman–Crippen LogP) is 3.90. The molecule has 3 aliphatic rings. The van der Waals surface area contributed by atoms with Gasteiger partial charge in [0.05, 0.1) is 23.4 Å². The summed E-state index contributed by atoms with van der Waals surface area (Å²) < 4.78 is 6.55. The maximum atomic E-state index is 12.5. The number of ether oxygens (including phenoxy) is 1. The molecule has 1 aromatic carbocycles. The number of amides is 1. The number of rotatable bonds is 4. The lowest BCUT2D eigenvalue weighted by atomic mass is 9.86. The van der Waals surface area contributed by atoms with Crippen molar-refractivity contribution in [1.82, 2.24) is 4.98 Å². The van der Waals surface area contributed by atoms with Gasteiger partial charge in [-0.25, -0.2) is 4.98 Å². The van der Waals surface area contributed by atoms with E-state index in [-0.39, 0.29) is 5.91 Å². The smallest absolute Gasteiger partial charge is 0.224 e. The molecule has 1 amide bonds. The fourth-order valence-electron chi connectivity index (χ4n) is 4.96. The van der Waals surface area contributed by atoms with Gasteiger partial charge >= 0.3 is 0 Å². The second kappa shape index (κ2) is 6.82. The van der Waals surface area contributed by atoms with Crippen LogP contribution in [0.1, 0.15) is 32.1 Å². The van der Waals surface area contributed by atoms with E-state index in [1.165, 1.54) is 25.7 Å². The number of anilines is 2. The molecule has 1 aliphatic heterocycles. The minimum atomic E-state index is 0.166. The Balaban J connectivity index is 1.26. The second-order valence-electron chi connectivity index (χ2n) is 7.97. The van der Waals surface area contributed by atoms with Crippen LogP contribution < -0.4 is 10.2 Å². The lowest BCUT2D eigenvalue weighted by molar-refractivity contribution is -0.117. The van der Waals surface area contributed by atoms with Crippen LogP contribution in [-0.4, -0.2) is 37.2 Å². The molecule has 6 heteroatoms. The number of carbonyl (C=O) groups excluding carboxylic acids is 1. The summed E-state index contributed by atoms with van der Waals surface area (Å²) in [5, 5.41) is 4.17. The summed E-state index contributed by atoms with van der Waals surface area (Å²) in [5.74, 6) is 2.46. The lowest BCUT2D eigenvalue weighted by Crippen LogP contribution is -2.36. The first-order valence-corrected chi connectivity index (χ1v) is 10.6. The van der Waals surface area contributed by atoms with Crippen LogP contribution in [0.5, 0.6) is 0 Å². The highest BCUT2D eigenvalue weighted by atomic mass is 32.1. The molecule has 3 atom stereocenters. The number of nitrogens with zero attached hydrogens (tertiary/aromatic N) is 2. The summed E-state index contributed by atoms with van der Waals surface area (Å²) in [6.45, 7) is 3.32. The highest BCUT2D eigenvalue weighted by molar-refractivity contribution is 7.22. The molecule has 2 heterocycles. The number of nitrogens with one attached hydrogen (secondary N) is 1. The van der Waals surface area contributed by atoms with E-state index < -0.39 is 0 Å². The number of benzene rings is 1. The quantitative estimate of drug-likeness (QED) is 0.886. The molecule has 2 saturated carbocycles. The molecule has 1 saturated heterocycles. The molecule has 26 heavy (non-hydrogen) atoms. The molecule has 5 rings (SSSR count). The van der Waals surface area contributed by atoms with Gasteiger partial charge in [-0.1, -0.05) is 17.8 Å². The summed E-state index contributed by atoms with van der Waals surface area (Å²) in [7, 11) is 0. The number of carbonyl (C=O) groups is 1. The molecule has 3 fully saturated rings. The van der Waals surface area contributed by atoms with Crippen LogP contribution in [0.25, 0.3) is 10.2 Å². The third-order valence-electron chi connectivity index (χ3n) is 6.27. The highest BCUT2D eigenvalue weighted by Gasteiger charge is 2.40. The normalized spacial score (nSPS) is 28.0. The van der Waals surface area contributed by atoms with E-state index in [2.05, 4.69) is 16.3 Å². The predicted molar refractivity (Wildman–Crippen MR) is 105 cm³/mol. The minimum absolute atomic E-state index is 0.166. The molecule has 138 valence electrons. The molecule has 0 radical (unpaired) electrons. The Morgan fingerprint density at radius 1 is 1.27 bits per heavy atom. The molecule has 2 aromatic rings. The van der Waals surface area contributed by atoms with E-state index in [4.69, 9.17) is 9.72 Å². The number of aromatic nitrogens is 1. The van der Waals surface area contributed by atoms with Crippen molar-refractivity contribution < 1.29 is 9.53 Å². The van der Waals surface area contributed by atoms with E-state index in [1.54, 1.807) is 11.3 Å². The van der Waals surface area contributed by atoms with Crippen LogP contribution >= 0.6 is 11.3 Å². The Hall–Kier alpha value is -1.66. The standard InChI is InChI=1S/C20H25N3O2S/c24-19(11-15-10-13-1-2-14(15)9-13)21-16-3-4-17-18(12-16)26-20(22-17)23-5-7-25-8-6-23/h3-4,12-15H,1-2,5-11H2,(H,21,24). The van der Waals surface area contributed by atoms with E-state index in [0.717, 1.165) is 59.2 Å². The van der Waals surface area contributed by atoms with E-state index in [9.17, 15) is 4.79 Å². The van der Waals surface area contributed by atoms with Crippen LogP contribution in [0, 0.1) is 17.8 Å². The van der Waals surface area contributed by atoms with Crippen LogP contribution in [0.3, 0.4) is 0 Å². The Morgan fingerprint density at radius 2 is 2.15 bits per heavy atom. The van der Waals surface area contributed by atoms with Crippen LogP contribution in [0.4, 0.5) is 10.8 Å². The van der Waals surface area contributed by atoms with Gasteiger partial charge in [0.1, 0.15) is 0 Å². The van der Waals surface area contributed by atoms with E-state index in [1.807, 2.05) is 12.1 Å². The van der Waals surface area contributed by atoms with Crippen LogP contribution in [-0.2, 0) is 9.53 Å². The fraction of sp³-hybridized carbons (Fsp3) is 0.600. The largest absolute Gasteiger partial charge is 0.378 e. The lowest BCUT2D eigenvalue weighted by Gasteiger charge is -2.25. The molecule has 3 unspecified atom stereocenters. The van der Waals surface area contributed by atoms with Crippen molar-refractivity contribution in [3.05, 3.63) is 18.2 Å². The Kier molecular flexibility index (Phi) is 4.33. The van der Waals surface area contributed by atoms with Crippen molar-refractivity contribution in [3.8, 4) is 0 Å². The molecule has 1 aromatic heterocycles. The van der Waals surface area contributed by atoms with E-state index >= 15 is 0 Å². The summed E-state index contributed by atoms with van der Waals surface area (Å²) in [4.78, 5) is 19.5. The van der Waals surface area contributed by atoms with Crippen molar-refractivity contribution >= 4 is 38.3 Å². The number of hydrogen-bond acceptors (Lipinski definition) is 5. The van der Waals surface area contributed by atoms with Gasteiger partial charge in [-0.15, -0.1) is 0 Å². The first-order chi connectivity index (χ1) is 12.7. The first kappa shape index (κ1) is 16.5. The molecule has 5 nitrogen and oxygen atoms in total. The number of hydrogen-bond donors (Lipinski definition) is 1. The third kappa shape index (κ3) is 3.21. The van der Waals surface area contributed by atoms with Crippen molar-refractivity contribution in [2.45, 2.75) is 32.1 Å². The van der Waals surface area contributed by atoms with Crippen molar-refractivity contribution in [2.24, 2.45) is 17.8 Å². The zero-order valence-corrected chi connectivity index (χ0v) is 15.8. The van der Waals surface area contributed by atoms with Gasteiger partial charge in [-0.3, -0.25) is 4.79 Å². The fourth-order valence-corrected chi connectivity index (χ4v) is 6.01. The first-order valence-electron chi connectivity index (χ1n) is 9.78. The Bertz CT molecular complexity index is 814. The number of fused-ring (bicyclic) bond motifs is 3. The molecular weight excluding hydrogens is 346 g/mol. The van der Waals surface area contributed by atoms with Gasteiger partial charge in [0.15, 0.2) is 5.13 Å². The molecular formula is C20H25N3O2S. The maximum absolute atomic E-state index is 12.5. The monoisotopic (exact) mass is 371 g/mol. The molecule has 0 spiro atoms. The number of morpholine rings is 1. The zero-order valence-electron chi connectivity index (χ0n) is 14.9. The maximum Gasteiger partial charge on any atom is 0.224 e. The second-order valence-corrected chi connectivity index (χ2v) is 8.97. The summed E-state index contributed by atoms with van der Waals surface area (Å²) in [6.07, 6.45) is 6.01. The number of thiazole rings is 1. The van der Waals surface area contributed by atoms with Crippen molar-refractivity contribution in [3.63, 3.8) is 0 Å². The van der Waals surface area contributed by atoms with Crippen LogP contribution in [0.2, 0.25) is 0 Å². The average molecular weight is 372 g/mol. The van der Waals surface area contributed by atoms with Gasteiger partial charge in [0, 0.05) is 25.2 Å². The topological polar surface area (TPSA) is 54.5 Å². The molecule has 2 aliphatic carbocycles. The van der Waals surface area contributed by atoms with Crippen molar-refractivity contribution in [1.29, 1.82) is 0 Å². The Morgan fingerprint density at radius 3 is 2.92 bits per heavy atom. The summed E-state index contributed by atoms with van der Waals surface area (Å²) >= 11 is 1.70. The third-order valence-corrected chi connectivity index (χ3v) is 7.35. The average Bonchev–Trinajstić information content (AvgIpc) is 3.37. The SMILES string of the molecule is O=C(CC1CC2CCC1C2)Nc1ccc2nc(N3CCOCC3)sc2c1. The van der Waals surface area contributed by atoms with Gasteiger partial charge in [0.25, 0.3) is 0 Å². The van der Waals surface area contributed by atoms with Gasteiger partial charge in [-0.2, -0.15) is 0 Å². The van der Waals surface area contributed by atoms with Gasteiger partial charge in [-0.05, 0) is 55.2 Å². The van der Waals surface area contributed by atoms with Gasteiger partial charge < -0.3 is 15.0 Å². The van der Waals surface area contributed by atoms with Gasteiger partial charge in [0.2, 0.25) is 5.91 Å². The molecule has 1 N–H and O–H groups in total. The zero-order chi connectivity index (χ0) is 17.5. The minimum Gasteiger partial charge on any atom is -0.378 e.